The minimum Gasteiger partial charge on any atom is -0.463 e. The van der Waals surface area contributed by atoms with Crippen LogP contribution in [0.5, 0.6) is 0 Å². The van der Waals surface area contributed by atoms with E-state index in [2.05, 4.69) is 15.8 Å². The molecule has 116 valence electrons. The zero-order chi connectivity index (χ0) is 16.1. The average Bonchev–Trinajstić information content (AvgIpc) is 2.49. The topological polar surface area (TPSA) is 85.2 Å². The van der Waals surface area contributed by atoms with Gasteiger partial charge in [0.1, 0.15) is 0 Å². The van der Waals surface area contributed by atoms with E-state index in [0.29, 0.717) is 29.2 Å². The lowest BCUT2D eigenvalue weighted by atomic mass is 10.2. The highest BCUT2D eigenvalue weighted by molar-refractivity contribution is 5.82. The van der Waals surface area contributed by atoms with E-state index >= 15 is 0 Å². The normalized spacial score (nSPS) is 11.3. The monoisotopic (exact) mass is 302 g/mol. The van der Waals surface area contributed by atoms with Crippen LogP contribution in [-0.2, 0) is 16.6 Å². The highest BCUT2D eigenvalue weighted by Crippen LogP contribution is 2.09. The molecule has 1 aromatic carbocycles. The van der Waals surface area contributed by atoms with Crippen molar-refractivity contribution in [3.05, 3.63) is 46.4 Å². The molecule has 0 aliphatic carbocycles. The number of fused-ring (bicyclic) bond motifs is 1. The van der Waals surface area contributed by atoms with Crippen LogP contribution in [0.15, 0.2) is 40.8 Å². The summed E-state index contributed by atoms with van der Waals surface area (Å²) in [6, 6.07) is 7.11. The maximum atomic E-state index is 12.2. The number of aromatic nitrogens is 2. The van der Waals surface area contributed by atoms with E-state index in [1.54, 1.807) is 39.1 Å². The average molecular weight is 302 g/mol. The minimum absolute atomic E-state index is 0.151. The fraction of sp³-hybridized carbons (Fsp3) is 0.267. The number of benzene rings is 1. The van der Waals surface area contributed by atoms with Gasteiger partial charge in [0.15, 0.2) is 0 Å². The molecular weight excluding hydrogens is 284 g/mol. The molecule has 0 aliphatic rings. The molecule has 1 heterocycles. The number of nitrogens with zero attached hydrogens (tertiary/aromatic N) is 2. The van der Waals surface area contributed by atoms with Crippen molar-refractivity contribution in [3.63, 3.8) is 0 Å². The summed E-state index contributed by atoms with van der Waals surface area (Å²) >= 11 is 0. The first-order chi connectivity index (χ1) is 10.5. The molecule has 1 aromatic heterocycles. The Morgan fingerprint density at radius 1 is 1.41 bits per heavy atom. The van der Waals surface area contributed by atoms with Crippen LogP contribution in [0.25, 0.3) is 10.9 Å². The summed E-state index contributed by atoms with van der Waals surface area (Å²) in [5.41, 5.74) is 6.62. The zero-order valence-electron chi connectivity index (χ0n) is 12.7. The molecule has 0 bridgehead atoms. The Hall–Kier alpha value is -2.83. The van der Waals surface area contributed by atoms with E-state index in [4.69, 9.17) is 4.74 Å². The highest BCUT2D eigenvalue weighted by atomic mass is 16.5. The lowest BCUT2D eigenvalue weighted by Gasteiger charge is -2.13. The predicted octanol–water partition coefficient (Wildman–Crippen LogP) is 1.32. The number of allylic oxidation sites excluding steroid dienone is 1. The number of ether oxygens (including phenoxy) is 1. The van der Waals surface area contributed by atoms with Gasteiger partial charge in [0.05, 0.1) is 17.5 Å². The fourth-order valence-electron chi connectivity index (χ4n) is 1.88. The quantitative estimate of drug-likeness (QED) is 0.492. The summed E-state index contributed by atoms with van der Waals surface area (Å²) in [6.45, 7) is 3.75. The summed E-state index contributed by atoms with van der Waals surface area (Å²) < 4.78 is 6.21. The molecule has 22 heavy (non-hydrogen) atoms. The highest BCUT2D eigenvalue weighted by Gasteiger charge is 2.07. The first-order valence-corrected chi connectivity index (χ1v) is 6.85. The molecule has 7 nitrogen and oxygen atoms in total. The molecule has 2 rings (SSSR count). The molecular formula is C15H18N4O3. The molecule has 0 atom stereocenters. The van der Waals surface area contributed by atoms with Gasteiger partial charge < -0.3 is 10.2 Å². The number of carbonyl (C=O) groups is 1. The number of hydrogen-bond acceptors (Lipinski definition) is 6. The van der Waals surface area contributed by atoms with Crippen molar-refractivity contribution < 1.29 is 9.53 Å². The van der Waals surface area contributed by atoms with Gasteiger partial charge in [0, 0.05) is 18.8 Å². The number of esters is 1. The van der Waals surface area contributed by atoms with Crippen LogP contribution in [0.4, 0.5) is 5.95 Å². The molecule has 2 N–H and O–H groups in total. The SMILES string of the molecule is CCOC(=O)C=C(C)NNc1nc2ccccc2c(=O)n1C. The van der Waals surface area contributed by atoms with Crippen LogP contribution >= 0.6 is 0 Å². The third-order valence-corrected chi connectivity index (χ3v) is 2.98. The second-order valence-electron chi connectivity index (χ2n) is 4.65. The number of para-hydroxylation sites is 1. The standard InChI is InChI=1S/C15H18N4O3/c1-4-22-13(20)9-10(2)17-18-15-16-12-8-6-5-7-11(12)14(21)19(15)3/h5-9,17H,4H2,1-3H3,(H,16,18). The molecule has 0 unspecified atom stereocenters. The first-order valence-electron chi connectivity index (χ1n) is 6.85. The van der Waals surface area contributed by atoms with E-state index in [9.17, 15) is 9.59 Å². The van der Waals surface area contributed by atoms with Crippen molar-refractivity contribution in [3.8, 4) is 0 Å². The smallest absolute Gasteiger partial charge is 0.332 e. The van der Waals surface area contributed by atoms with Gasteiger partial charge in [0.2, 0.25) is 5.95 Å². The zero-order valence-corrected chi connectivity index (χ0v) is 12.7. The van der Waals surface area contributed by atoms with Crippen LogP contribution in [0.3, 0.4) is 0 Å². The van der Waals surface area contributed by atoms with Crippen LogP contribution in [0.1, 0.15) is 13.8 Å². The van der Waals surface area contributed by atoms with Gasteiger partial charge in [-0.15, -0.1) is 0 Å². The summed E-state index contributed by atoms with van der Waals surface area (Å²) in [6.07, 6.45) is 1.32. The second-order valence-corrected chi connectivity index (χ2v) is 4.65. The molecule has 2 aromatic rings. The van der Waals surface area contributed by atoms with E-state index in [1.165, 1.54) is 10.6 Å². The molecule has 0 saturated carbocycles. The number of anilines is 1. The number of nitrogens with one attached hydrogen (secondary N) is 2. The maximum Gasteiger partial charge on any atom is 0.332 e. The Balaban J connectivity index is 2.20. The summed E-state index contributed by atoms with van der Waals surface area (Å²) in [4.78, 5) is 27.9. The van der Waals surface area contributed by atoms with Gasteiger partial charge in [-0.3, -0.25) is 14.8 Å². The van der Waals surface area contributed by atoms with Crippen molar-refractivity contribution in [2.75, 3.05) is 12.0 Å². The van der Waals surface area contributed by atoms with Crippen LogP contribution in [0.2, 0.25) is 0 Å². The van der Waals surface area contributed by atoms with Crippen LogP contribution < -0.4 is 16.4 Å². The van der Waals surface area contributed by atoms with Crippen molar-refractivity contribution in [2.45, 2.75) is 13.8 Å². The molecule has 0 spiro atoms. The van der Waals surface area contributed by atoms with Gasteiger partial charge in [-0.2, -0.15) is 0 Å². The van der Waals surface area contributed by atoms with Crippen LogP contribution in [0, 0.1) is 0 Å². The van der Waals surface area contributed by atoms with Gasteiger partial charge in [-0.05, 0) is 26.0 Å². The molecule has 0 amide bonds. The Morgan fingerprint density at radius 3 is 2.86 bits per heavy atom. The Labute approximate surface area is 127 Å². The van der Waals surface area contributed by atoms with Gasteiger partial charge >= 0.3 is 5.97 Å². The first kappa shape index (κ1) is 15.6. The van der Waals surface area contributed by atoms with Crippen molar-refractivity contribution in [1.82, 2.24) is 15.0 Å². The molecule has 0 radical (unpaired) electrons. The lowest BCUT2D eigenvalue weighted by molar-refractivity contribution is -0.137. The largest absolute Gasteiger partial charge is 0.463 e. The molecule has 7 heteroatoms. The molecule has 0 saturated heterocycles. The van der Waals surface area contributed by atoms with Crippen molar-refractivity contribution >= 4 is 22.8 Å². The van der Waals surface area contributed by atoms with E-state index < -0.39 is 5.97 Å². The maximum absolute atomic E-state index is 12.2. The Bertz CT molecular complexity index is 780. The summed E-state index contributed by atoms with van der Waals surface area (Å²) in [5, 5.41) is 0.550. The van der Waals surface area contributed by atoms with Gasteiger partial charge in [-0.1, -0.05) is 12.1 Å². The van der Waals surface area contributed by atoms with E-state index in [1.807, 2.05) is 6.07 Å². The van der Waals surface area contributed by atoms with Crippen molar-refractivity contribution in [1.29, 1.82) is 0 Å². The van der Waals surface area contributed by atoms with Crippen molar-refractivity contribution in [2.24, 2.45) is 7.05 Å². The van der Waals surface area contributed by atoms with Gasteiger partial charge in [0.25, 0.3) is 5.56 Å². The summed E-state index contributed by atoms with van der Waals surface area (Å²) in [7, 11) is 1.62. The molecule has 0 fully saturated rings. The lowest BCUT2D eigenvalue weighted by Crippen LogP contribution is -2.28. The Morgan fingerprint density at radius 2 is 2.14 bits per heavy atom. The molecule has 0 aliphatic heterocycles. The minimum atomic E-state index is -0.436. The number of hydrogen-bond donors (Lipinski definition) is 2. The summed E-state index contributed by atoms with van der Waals surface area (Å²) in [5.74, 6) is -0.0880. The second kappa shape index (κ2) is 6.75. The number of hydrazine groups is 1. The van der Waals surface area contributed by atoms with Crippen LogP contribution in [-0.4, -0.2) is 22.1 Å². The third-order valence-electron chi connectivity index (χ3n) is 2.98. The third kappa shape index (κ3) is 3.43. The number of rotatable bonds is 5. The predicted molar refractivity (Wildman–Crippen MR) is 84.1 cm³/mol. The van der Waals surface area contributed by atoms with Gasteiger partial charge in [-0.25, -0.2) is 9.78 Å². The van der Waals surface area contributed by atoms with E-state index in [-0.39, 0.29) is 5.56 Å². The van der Waals surface area contributed by atoms with E-state index in [0.717, 1.165) is 0 Å². The number of carbonyl (C=O) groups excluding carboxylic acids is 1. The fourth-order valence-corrected chi connectivity index (χ4v) is 1.88. The Kier molecular flexibility index (Phi) is 4.77.